The van der Waals surface area contributed by atoms with Crippen molar-refractivity contribution in [1.29, 1.82) is 0 Å². The van der Waals surface area contributed by atoms with Crippen LogP contribution in [0.25, 0.3) is 10.8 Å². The summed E-state index contributed by atoms with van der Waals surface area (Å²) in [4.78, 5) is 25.0. The highest BCUT2D eigenvalue weighted by atomic mass is 16.6. The van der Waals surface area contributed by atoms with Gasteiger partial charge < -0.3 is 15.8 Å². The number of non-ortho nitro benzene ring substituents is 1. The monoisotopic (exact) mass is 290 g/mol. The quantitative estimate of drug-likeness (QED) is 0.447. The van der Waals surface area contributed by atoms with Crippen LogP contribution in [-0.2, 0) is 9.53 Å². The third-order valence-corrected chi connectivity index (χ3v) is 2.80. The molecule has 3 N–H and O–H groups in total. The Morgan fingerprint density at radius 3 is 2.90 bits per heavy atom. The minimum absolute atomic E-state index is 0.00799. The van der Waals surface area contributed by atoms with E-state index in [0.717, 1.165) is 5.69 Å². The fraction of sp³-hybridized carbons (Fsp3) is 0.231. The maximum Gasteiger partial charge on any atom is 0.278 e. The Morgan fingerprint density at radius 2 is 2.19 bits per heavy atom. The molecule has 0 radical (unpaired) electrons. The molecule has 1 aromatic heterocycles. The van der Waals surface area contributed by atoms with Gasteiger partial charge in [0.25, 0.3) is 5.69 Å². The number of carbonyl (C=O) groups excluding carboxylic acids is 1. The number of nitrogens with zero attached hydrogens (tertiary/aromatic N) is 2. The number of nitro groups is 1. The summed E-state index contributed by atoms with van der Waals surface area (Å²) >= 11 is 0. The molecule has 1 amide bonds. The van der Waals surface area contributed by atoms with Crippen molar-refractivity contribution in [1.82, 2.24) is 4.98 Å². The molecule has 0 saturated carbocycles. The van der Waals surface area contributed by atoms with Crippen molar-refractivity contribution in [3.63, 3.8) is 0 Å². The van der Waals surface area contributed by atoms with Crippen LogP contribution in [0, 0.1) is 10.1 Å². The van der Waals surface area contributed by atoms with Gasteiger partial charge in [-0.05, 0) is 12.1 Å². The molecular formula is C13H14N4O4. The maximum absolute atomic E-state index is 11.0. The lowest BCUT2D eigenvalue weighted by Gasteiger charge is -2.10. The minimum atomic E-state index is -0.526. The third-order valence-electron chi connectivity index (χ3n) is 2.80. The summed E-state index contributed by atoms with van der Waals surface area (Å²) in [7, 11) is 0. The van der Waals surface area contributed by atoms with Gasteiger partial charge in [-0.3, -0.25) is 19.9 Å². The highest BCUT2D eigenvalue weighted by Crippen LogP contribution is 2.30. The van der Waals surface area contributed by atoms with Crippen molar-refractivity contribution < 1.29 is 14.5 Å². The van der Waals surface area contributed by atoms with Crippen LogP contribution >= 0.6 is 0 Å². The number of aromatic nitrogens is 1. The molecule has 0 fully saturated rings. The van der Waals surface area contributed by atoms with Gasteiger partial charge in [0.2, 0.25) is 5.91 Å². The molecule has 110 valence electrons. The molecule has 1 aromatic carbocycles. The van der Waals surface area contributed by atoms with Crippen LogP contribution in [0.15, 0.2) is 30.6 Å². The Hall–Kier alpha value is -2.74. The zero-order valence-corrected chi connectivity index (χ0v) is 11.1. The molecule has 2 rings (SSSR count). The second-order valence-corrected chi connectivity index (χ2v) is 4.26. The summed E-state index contributed by atoms with van der Waals surface area (Å²) < 4.78 is 5.03. The summed E-state index contributed by atoms with van der Waals surface area (Å²) in [5, 5.41) is 15.2. The van der Waals surface area contributed by atoms with Gasteiger partial charge in [-0.1, -0.05) is 0 Å². The number of benzene rings is 1. The Kier molecular flexibility index (Phi) is 4.62. The van der Waals surface area contributed by atoms with Gasteiger partial charge in [0.1, 0.15) is 6.61 Å². The van der Waals surface area contributed by atoms with E-state index in [2.05, 4.69) is 10.3 Å². The summed E-state index contributed by atoms with van der Waals surface area (Å²) in [5.74, 6) is -0.526. The number of hydrogen-bond donors (Lipinski definition) is 2. The maximum atomic E-state index is 11.0. The zero-order valence-electron chi connectivity index (χ0n) is 11.1. The van der Waals surface area contributed by atoms with E-state index in [1.54, 1.807) is 18.3 Å². The van der Waals surface area contributed by atoms with Crippen molar-refractivity contribution in [2.45, 2.75) is 0 Å². The predicted molar refractivity (Wildman–Crippen MR) is 76.9 cm³/mol. The van der Waals surface area contributed by atoms with Crippen molar-refractivity contribution >= 4 is 28.1 Å². The summed E-state index contributed by atoms with van der Waals surface area (Å²) in [6.07, 6.45) is 3.03. The van der Waals surface area contributed by atoms with E-state index < -0.39 is 10.8 Å². The number of anilines is 1. The largest absolute Gasteiger partial charge is 0.382 e. The average Bonchev–Trinajstić information content (AvgIpc) is 2.46. The third kappa shape index (κ3) is 3.63. The number of nitrogens with one attached hydrogen (secondary N) is 1. The normalized spacial score (nSPS) is 10.5. The number of nitrogens with two attached hydrogens (primary N) is 1. The first-order chi connectivity index (χ1) is 10.1. The smallest absolute Gasteiger partial charge is 0.278 e. The molecule has 0 saturated heterocycles. The topological polar surface area (TPSA) is 120 Å². The average molecular weight is 290 g/mol. The summed E-state index contributed by atoms with van der Waals surface area (Å²) in [6, 6.07) is 4.76. The van der Waals surface area contributed by atoms with E-state index >= 15 is 0 Å². The first-order valence-electron chi connectivity index (χ1n) is 6.20. The second-order valence-electron chi connectivity index (χ2n) is 4.26. The number of rotatable bonds is 7. The lowest BCUT2D eigenvalue weighted by atomic mass is 10.1. The highest BCUT2D eigenvalue weighted by molar-refractivity contribution is 5.99. The van der Waals surface area contributed by atoms with E-state index in [1.165, 1.54) is 12.3 Å². The van der Waals surface area contributed by atoms with Crippen LogP contribution in [0.4, 0.5) is 11.4 Å². The van der Waals surface area contributed by atoms with Crippen molar-refractivity contribution in [2.24, 2.45) is 5.73 Å². The fourth-order valence-electron chi connectivity index (χ4n) is 1.92. The molecule has 0 spiro atoms. The van der Waals surface area contributed by atoms with Gasteiger partial charge in [-0.15, -0.1) is 0 Å². The minimum Gasteiger partial charge on any atom is -0.382 e. The fourth-order valence-corrected chi connectivity index (χ4v) is 1.92. The van der Waals surface area contributed by atoms with E-state index in [-0.39, 0.29) is 12.3 Å². The number of primary amides is 1. The van der Waals surface area contributed by atoms with Crippen LogP contribution in [0.5, 0.6) is 0 Å². The van der Waals surface area contributed by atoms with Gasteiger partial charge in [0.15, 0.2) is 0 Å². The number of pyridine rings is 1. The van der Waals surface area contributed by atoms with Gasteiger partial charge in [-0.25, -0.2) is 0 Å². The van der Waals surface area contributed by atoms with Crippen LogP contribution in [-0.4, -0.2) is 35.6 Å². The van der Waals surface area contributed by atoms with E-state index in [9.17, 15) is 14.9 Å². The molecule has 2 aromatic rings. The molecule has 8 nitrogen and oxygen atoms in total. The molecule has 0 aliphatic carbocycles. The Balaban J connectivity index is 2.12. The van der Waals surface area contributed by atoms with Crippen LogP contribution in [0.1, 0.15) is 0 Å². The van der Waals surface area contributed by atoms with Gasteiger partial charge >= 0.3 is 0 Å². The van der Waals surface area contributed by atoms with E-state index in [0.29, 0.717) is 23.9 Å². The van der Waals surface area contributed by atoms with Crippen LogP contribution in [0.2, 0.25) is 0 Å². The van der Waals surface area contributed by atoms with E-state index in [1.807, 2.05) is 0 Å². The second kappa shape index (κ2) is 6.62. The molecule has 0 unspecified atom stereocenters. The molecule has 0 aliphatic heterocycles. The predicted octanol–water partition coefficient (Wildman–Crippen LogP) is 1.06. The van der Waals surface area contributed by atoms with Crippen molar-refractivity contribution in [2.75, 3.05) is 25.1 Å². The standard InChI is InChI=1S/C13H14N4O4/c14-13(18)8-21-6-5-16-11-1-2-12(17(19)20)10-7-15-4-3-9(10)11/h1-4,7,16H,5-6,8H2,(H2,14,18). The van der Waals surface area contributed by atoms with Crippen molar-refractivity contribution in [3.8, 4) is 0 Å². The first-order valence-corrected chi connectivity index (χ1v) is 6.20. The molecular weight excluding hydrogens is 276 g/mol. The Bertz CT molecular complexity index is 674. The summed E-state index contributed by atoms with van der Waals surface area (Å²) in [5.41, 5.74) is 5.69. The molecule has 0 aliphatic rings. The van der Waals surface area contributed by atoms with Crippen LogP contribution in [0.3, 0.4) is 0 Å². The van der Waals surface area contributed by atoms with E-state index in [4.69, 9.17) is 10.5 Å². The first kappa shape index (κ1) is 14.7. The zero-order chi connectivity index (χ0) is 15.2. The molecule has 8 heteroatoms. The SMILES string of the molecule is NC(=O)COCCNc1ccc([N+](=O)[O-])c2cnccc12. The van der Waals surface area contributed by atoms with Crippen molar-refractivity contribution in [3.05, 3.63) is 40.7 Å². The number of hydrogen-bond acceptors (Lipinski definition) is 6. The van der Waals surface area contributed by atoms with Gasteiger partial charge in [-0.2, -0.15) is 0 Å². The molecule has 0 bridgehead atoms. The lowest BCUT2D eigenvalue weighted by Crippen LogP contribution is -2.20. The number of amides is 1. The summed E-state index contributed by atoms with van der Waals surface area (Å²) in [6.45, 7) is 0.613. The molecule has 21 heavy (non-hydrogen) atoms. The Labute approximate surface area is 120 Å². The lowest BCUT2D eigenvalue weighted by molar-refractivity contribution is -0.383. The molecule has 1 heterocycles. The number of ether oxygens (including phenoxy) is 1. The number of nitro benzene ring substituents is 1. The highest BCUT2D eigenvalue weighted by Gasteiger charge is 2.13. The van der Waals surface area contributed by atoms with Gasteiger partial charge in [0, 0.05) is 36.1 Å². The van der Waals surface area contributed by atoms with Gasteiger partial charge in [0.05, 0.1) is 16.9 Å². The Morgan fingerprint density at radius 1 is 1.38 bits per heavy atom. The number of fused-ring (bicyclic) bond motifs is 1. The van der Waals surface area contributed by atoms with Crippen LogP contribution < -0.4 is 11.1 Å². The number of carbonyl (C=O) groups is 1. The molecule has 0 atom stereocenters.